The maximum absolute atomic E-state index is 12.4. The van der Waals surface area contributed by atoms with Crippen LogP contribution < -0.4 is 5.73 Å². The lowest BCUT2D eigenvalue weighted by atomic mass is 10.1. The van der Waals surface area contributed by atoms with Crippen molar-refractivity contribution in [3.8, 4) is 6.07 Å². The van der Waals surface area contributed by atoms with Crippen LogP contribution in [0.2, 0.25) is 0 Å². The molecule has 0 aromatic heterocycles. The fourth-order valence-electron chi connectivity index (χ4n) is 1.28. The van der Waals surface area contributed by atoms with Gasteiger partial charge in [-0.3, -0.25) is 0 Å². The first kappa shape index (κ1) is 16.1. The van der Waals surface area contributed by atoms with Crippen LogP contribution in [0.5, 0.6) is 0 Å². The zero-order valence-electron chi connectivity index (χ0n) is 9.03. The molecular formula is C9H6ClF3N2O2S2. The van der Waals surface area contributed by atoms with Crippen LogP contribution in [0, 0.1) is 11.3 Å². The van der Waals surface area contributed by atoms with Crippen molar-refractivity contribution in [2.24, 2.45) is 5.73 Å². The van der Waals surface area contributed by atoms with E-state index < -0.39 is 36.1 Å². The maximum atomic E-state index is 12.4. The van der Waals surface area contributed by atoms with E-state index in [1.54, 1.807) is 6.07 Å². The molecule has 104 valence electrons. The minimum Gasteiger partial charge on any atom is -0.326 e. The van der Waals surface area contributed by atoms with Gasteiger partial charge in [0.1, 0.15) is 6.07 Å². The molecule has 0 heterocycles. The Morgan fingerprint density at radius 3 is 2.37 bits per heavy atom. The number of thioether (sulfide) groups is 1. The third kappa shape index (κ3) is 4.28. The summed E-state index contributed by atoms with van der Waals surface area (Å²) < 4.78 is 59.4. The molecule has 2 N–H and O–H groups in total. The lowest BCUT2D eigenvalue weighted by molar-refractivity contribution is -0.0328. The van der Waals surface area contributed by atoms with Crippen molar-refractivity contribution < 1.29 is 21.6 Å². The van der Waals surface area contributed by atoms with E-state index >= 15 is 0 Å². The maximum Gasteiger partial charge on any atom is 0.446 e. The van der Waals surface area contributed by atoms with E-state index in [2.05, 4.69) is 0 Å². The molecule has 0 fully saturated rings. The van der Waals surface area contributed by atoms with Crippen molar-refractivity contribution in [2.75, 3.05) is 0 Å². The van der Waals surface area contributed by atoms with Gasteiger partial charge in [0, 0.05) is 22.1 Å². The monoisotopic (exact) mass is 330 g/mol. The Labute approximate surface area is 115 Å². The highest BCUT2D eigenvalue weighted by molar-refractivity contribution is 8.13. The molecule has 4 nitrogen and oxygen atoms in total. The number of nitrogens with zero attached hydrogens (tertiary/aromatic N) is 1. The molecule has 0 saturated heterocycles. The zero-order chi connectivity index (χ0) is 14.8. The summed E-state index contributed by atoms with van der Waals surface area (Å²) in [6.07, 6.45) is 0. The number of hydrogen-bond donors (Lipinski definition) is 1. The van der Waals surface area contributed by atoms with Gasteiger partial charge in [-0.2, -0.15) is 18.4 Å². The SMILES string of the molecule is N#Cc1c(CN)cc(S(=O)(=O)Cl)cc1SC(F)(F)F. The van der Waals surface area contributed by atoms with Crippen LogP contribution in [0.1, 0.15) is 11.1 Å². The summed E-state index contributed by atoms with van der Waals surface area (Å²) in [5, 5.41) is 8.85. The summed E-state index contributed by atoms with van der Waals surface area (Å²) in [5.41, 5.74) is 0.302. The van der Waals surface area contributed by atoms with Crippen molar-refractivity contribution in [1.29, 1.82) is 5.26 Å². The molecule has 1 rings (SSSR count). The molecule has 0 atom stereocenters. The molecule has 0 unspecified atom stereocenters. The van der Waals surface area contributed by atoms with E-state index in [1.165, 1.54) is 0 Å². The molecule has 10 heteroatoms. The summed E-state index contributed by atoms with van der Waals surface area (Å²) in [6.45, 7) is -0.283. The lowest BCUT2D eigenvalue weighted by Crippen LogP contribution is -2.06. The van der Waals surface area contributed by atoms with Gasteiger partial charge in [-0.1, -0.05) is 0 Å². The average Bonchev–Trinajstić information content (AvgIpc) is 2.24. The molecule has 0 bridgehead atoms. The van der Waals surface area contributed by atoms with Crippen molar-refractivity contribution in [2.45, 2.75) is 21.8 Å². The van der Waals surface area contributed by atoms with Crippen molar-refractivity contribution in [3.05, 3.63) is 23.3 Å². The van der Waals surface area contributed by atoms with Crippen LogP contribution in [0.15, 0.2) is 21.9 Å². The van der Waals surface area contributed by atoms with Crippen LogP contribution in [-0.2, 0) is 15.6 Å². The van der Waals surface area contributed by atoms with Crippen LogP contribution in [0.3, 0.4) is 0 Å². The topological polar surface area (TPSA) is 83.9 Å². The Hall–Kier alpha value is -0.950. The predicted molar refractivity (Wildman–Crippen MR) is 64.0 cm³/mol. The van der Waals surface area contributed by atoms with Gasteiger partial charge in [0.2, 0.25) is 0 Å². The first-order valence-corrected chi connectivity index (χ1v) is 7.68. The molecule has 0 spiro atoms. The first-order chi connectivity index (χ1) is 8.58. The van der Waals surface area contributed by atoms with E-state index in [0.717, 1.165) is 6.07 Å². The number of rotatable bonds is 3. The minimum absolute atomic E-state index is 0.0176. The molecule has 0 saturated carbocycles. The van der Waals surface area contributed by atoms with Crippen LogP contribution in [0.4, 0.5) is 13.2 Å². The minimum atomic E-state index is -4.66. The molecule has 1 aromatic carbocycles. The molecular weight excluding hydrogens is 325 g/mol. The highest BCUT2D eigenvalue weighted by atomic mass is 35.7. The van der Waals surface area contributed by atoms with Crippen molar-refractivity contribution in [1.82, 2.24) is 0 Å². The summed E-state index contributed by atoms with van der Waals surface area (Å²) >= 11 is -0.589. The third-order valence-corrected chi connectivity index (χ3v) is 4.10. The Morgan fingerprint density at radius 1 is 1.42 bits per heavy atom. The second kappa shape index (κ2) is 5.58. The fourth-order valence-corrected chi connectivity index (χ4v) is 2.88. The number of hydrogen-bond acceptors (Lipinski definition) is 5. The van der Waals surface area contributed by atoms with Gasteiger partial charge in [-0.05, 0) is 29.5 Å². The average molecular weight is 331 g/mol. The quantitative estimate of drug-likeness (QED) is 0.680. The van der Waals surface area contributed by atoms with Crippen LogP contribution >= 0.6 is 22.4 Å². The van der Waals surface area contributed by atoms with Gasteiger partial charge in [0.15, 0.2) is 0 Å². The van der Waals surface area contributed by atoms with Gasteiger partial charge in [-0.25, -0.2) is 8.42 Å². The molecule has 0 amide bonds. The highest BCUT2D eigenvalue weighted by Gasteiger charge is 2.32. The molecule has 0 aliphatic heterocycles. The Kier molecular flexibility index (Phi) is 4.73. The number of alkyl halides is 3. The van der Waals surface area contributed by atoms with Gasteiger partial charge < -0.3 is 5.73 Å². The third-order valence-electron chi connectivity index (χ3n) is 2.00. The van der Waals surface area contributed by atoms with Gasteiger partial charge >= 0.3 is 5.51 Å². The lowest BCUT2D eigenvalue weighted by Gasteiger charge is -2.11. The Balaban J connectivity index is 3.55. The molecule has 1 aromatic rings. The van der Waals surface area contributed by atoms with E-state index in [4.69, 9.17) is 21.7 Å². The standard InChI is InChI=1S/C9H6ClF3N2O2S2/c10-19(16,17)6-1-5(3-14)7(4-15)8(2-6)18-9(11,12)13/h1-2H,3,14H2. The number of nitriles is 1. The Morgan fingerprint density at radius 2 is 2.00 bits per heavy atom. The molecule has 0 aliphatic rings. The van der Waals surface area contributed by atoms with Gasteiger partial charge in [-0.15, -0.1) is 0 Å². The number of benzene rings is 1. The Bertz CT molecular complexity index is 638. The fraction of sp³-hybridized carbons (Fsp3) is 0.222. The van der Waals surface area contributed by atoms with E-state index in [9.17, 15) is 21.6 Å². The largest absolute Gasteiger partial charge is 0.446 e. The number of nitrogens with two attached hydrogens (primary N) is 1. The van der Waals surface area contributed by atoms with Crippen LogP contribution in [-0.4, -0.2) is 13.9 Å². The van der Waals surface area contributed by atoms with Crippen LogP contribution in [0.25, 0.3) is 0 Å². The van der Waals surface area contributed by atoms with Gasteiger partial charge in [0.25, 0.3) is 9.05 Å². The van der Waals surface area contributed by atoms with E-state index in [-0.39, 0.29) is 17.7 Å². The second-order valence-corrected chi connectivity index (χ2v) is 6.93. The van der Waals surface area contributed by atoms with Gasteiger partial charge in [0.05, 0.1) is 10.5 Å². The predicted octanol–water partition coefficient (Wildman–Crippen LogP) is 2.56. The summed E-state index contributed by atoms with van der Waals surface area (Å²) in [6, 6.07) is 3.27. The normalized spacial score (nSPS) is 12.2. The van der Waals surface area contributed by atoms with Crippen molar-refractivity contribution in [3.63, 3.8) is 0 Å². The zero-order valence-corrected chi connectivity index (χ0v) is 11.4. The first-order valence-electron chi connectivity index (χ1n) is 4.56. The molecule has 19 heavy (non-hydrogen) atoms. The summed E-state index contributed by atoms with van der Waals surface area (Å²) in [5.74, 6) is 0. The highest BCUT2D eigenvalue weighted by Crippen LogP contribution is 2.40. The molecule has 0 radical (unpaired) electrons. The van der Waals surface area contributed by atoms with E-state index in [0.29, 0.717) is 6.07 Å². The van der Waals surface area contributed by atoms with Crippen molar-refractivity contribution >= 4 is 31.5 Å². The number of halogens is 4. The smallest absolute Gasteiger partial charge is 0.326 e. The summed E-state index contributed by atoms with van der Waals surface area (Å²) in [4.78, 5) is -1.07. The van der Waals surface area contributed by atoms with E-state index in [1.807, 2.05) is 0 Å². The molecule has 0 aliphatic carbocycles. The summed E-state index contributed by atoms with van der Waals surface area (Å²) in [7, 11) is 0.872. The second-order valence-electron chi connectivity index (χ2n) is 3.26.